The molecule has 0 saturated heterocycles. The van der Waals surface area contributed by atoms with Gasteiger partial charge in [-0.05, 0) is 29.8 Å². The van der Waals surface area contributed by atoms with E-state index in [1.807, 2.05) is 36.4 Å². The lowest BCUT2D eigenvalue weighted by molar-refractivity contribution is -0.387. The zero-order chi connectivity index (χ0) is 24.9. The number of carbonyl (C=O) groups is 2. The van der Waals surface area contributed by atoms with Gasteiger partial charge in [0.15, 0.2) is 9.84 Å². The van der Waals surface area contributed by atoms with Crippen LogP contribution in [0.5, 0.6) is 0 Å². The molecule has 9 nitrogen and oxygen atoms in total. The molecule has 0 radical (unpaired) electrons. The molecular formula is C24H23N3O6S. The lowest BCUT2D eigenvalue weighted by Crippen LogP contribution is -2.41. The summed E-state index contributed by atoms with van der Waals surface area (Å²) < 4.78 is 23.7. The number of nitro benzene ring substituents is 1. The van der Waals surface area contributed by atoms with Crippen LogP contribution >= 0.6 is 0 Å². The molecule has 3 aromatic rings. The Morgan fingerprint density at radius 1 is 0.941 bits per heavy atom. The predicted octanol–water partition coefficient (Wildman–Crippen LogP) is 3.30. The van der Waals surface area contributed by atoms with Crippen molar-refractivity contribution in [2.24, 2.45) is 0 Å². The van der Waals surface area contributed by atoms with E-state index in [9.17, 15) is 28.1 Å². The fraction of sp³-hybridized carbons (Fsp3) is 0.167. The van der Waals surface area contributed by atoms with E-state index in [0.29, 0.717) is 12.2 Å². The van der Waals surface area contributed by atoms with E-state index in [-0.39, 0.29) is 18.0 Å². The third-order valence-corrected chi connectivity index (χ3v) is 6.22. The summed E-state index contributed by atoms with van der Waals surface area (Å²) in [7, 11) is -2.45. The molecule has 0 aliphatic rings. The summed E-state index contributed by atoms with van der Waals surface area (Å²) >= 11 is 0. The molecule has 0 N–H and O–H groups in total. The second kappa shape index (κ2) is 10.3. The highest BCUT2D eigenvalue weighted by atomic mass is 32.2. The fourth-order valence-electron chi connectivity index (χ4n) is 3.38. The molecule has 176 valence electrons. The molecule has 0 fully saturated rings. The number of hydrogen-bond acceptors (Lipinski definition) is 6. The van der Waals surface area contributed by atoms with Gasteiger partial charge in [0.1, 0.15) is 11.4 Å². The molecule has 0 aromatic heterocycles. The van der Waals surface area contributed by atoms with Crippen molar-refractivity contribution in [3.8, 4) is 0 Å². The highest BCUT2D eigenvalue weighted by molar-refractivity contribution is 7.90. The van der Waals surface area contributed by atoms with Crippen molar-refractivity contribution in [2.75, 3.05) is 24.7 Å². The van der Waals surface area contributed by atoms with Gasteiger partial charge in [-0.1, -0.05) is 48.5 Å². The largest absolute Gasteiger partial charge is 0.332 e. The molecule has 34 heavy (non-hydrogen) atoms. The van der Waals surface area contributed by atoms with Crippen molar-refractivity contribution in [1.29, 1.82) is 0 Å². The SMILES string of the molecule is CN(CC(=O)N(Cc1ccccc1)c1ccccc1)C(=O)c1ccc(S(C)(=O)=O)c([N+](=O)[O-])c1. The van der Waals surface area contributed by atoms with Gasteiger partial charge in [-0.25, -0.2) is 8.42 Å². The minimum atomic E-state index is -3.86. The predicted molar refractivity (Wildman–Crippen MR) is 127 cm³/mol. The zero-order valence-corrected chi connectivity index (χ0v) is 19.4. The molecule has 0 spiro atoms. The van der Waals surface area contributed by atoms with Gasteiger partial charge in [0.05, 0.1) is 11.5 Å². The second-order valence-electron chi connectivity index (χ2n) is 7.67. The Hall–Kier alpha value is -4.05. The van der Waals surface area contributed by atoms with Crippen LogP contribution in [0.25, 0.3) is 0 Å². The van der Waals surface area contributed by atoms with Gasteiger partial charge in [-0.2, -0.15) is 0 Å². The quantitative estimate of drug-likeness (QED) is 0.360. The average Bonchev–Trinajstić information content (AvgIpc) is 2.82. The molecule has 0 aliphatic heterocycles. The first-order valence-electron chi connectivity index (χ1n) is 10.2. The van der Waals surface area contributed by atoms with Crippen molar-refractivity contribution in [1.82, 2.24) is 4.90 Å². The number of rotatable bonds is 8. The van der Waals surface area contributed by atoms with Crippen molar-refractivity contribution in [2.45, 2.75) is 11.4 Å². The summed E-state index contributed by atoms with van der Waals surface area (Å²) in [5.41, 5.74) is 0.776. The topological polar surface area (TPSA) is 118 Å². The third kappa shape index (κ3) is 5.84. The Kier molecular flexibility index (Phi) is 7.42. The van der Waals surface area contributed by atoms with E-state index < -0.39 is 31.3 Å². The molecule has 0 heterocycles. The molecule has 0 aliphatic carbocycles. The molecule has 0 bridgehead atoms. The van der Waals surface area contributed by atoms with Crippen molar-refractivity contribution in [3.63, 3.8) is 0 Å². The fourth-order valence-corrected chi connectivity index (χ4v) is 4.21. The Bertz CT molecular complexity index is 1310. The number of nitro groups is 1. The molecular weight excluding hydrogens is 458 g/mol. The van der Waals surface area contributed by atoms with Crippen molar-refractivity contribution < 1.29 is 22.9 Å². The van der Waals surface area contributed by atoms with Gasteiger partial charge in [0, 0.05) is 30.6 Å². The monoisotopic (exact) mass is 481 g/mol. The lowest BCUT2D eigenvalue weighted by atomic mass is 10.1. The summed E-state index contributed by atoms with van der Waals surface area (Å²) in [5, 5.41) is 11.4. The summed E-state index contributed by atoms with van der Waals surface area (Å²) in [6.45, 7) is 0.00241. The number of sulfone groups is 1. The summed E-state index contributed by atoms with van der Waals surface area (Å²) in [6, 6.07) is 21.5. The summed E-state index contributed by atoms with van der Waals surface area (Å²) in [4.78, 5) is 38.8. The van der Waals surface area contributed by atoms with Gasteiger partial charge in [0.2, 0.25) is 5.91 Å². The number of para-hydroxylation sites is 1. The molecule has 0 atom stereocenters. The van der Waals surface area contributed by atoms with Crippen LogP contribution in [0.4, 0.5) is 11.4 Å². The standard InChI is InChI=1S/C24H23N3O6S/c1-25(24(29)19-13-14-22(34(2,32)33)21(15-19)27(30)31)17-23(28)26(20-11-7-4-8-12-20)16-18-9-5-3-6-10-18/h3-15H,16-17H2,1-2H3. The van der Waals surface area contributed by atoms with E-state index in [2.05, 4.69) is 0 Å². The average molecular weight is 482 g/mol. The Balaban J connectivity index is 1.84. The van der Waals surface area contributed by atoms with Crippen molar-refractivity contribution in [3.05, 3.63) is 100 Å². The van der Waals surface area contributed by atoms with Crippen molar-refractivity contribution >= 4 is 33.0 Å². The molecule has 10 heteroatoms. The van der Waals surface area contributed by atoms with E-state index in [0.717, 1.165) is 28.9 Å². The van der Waals surface area contributed by atoms with E-state index in [4.69, 9.17) is 0 Å². The Labute approximate surface area is 197 Å². The maximum absolute atomic E-state index is 13.2. The minimum absolute atomic E-state index is 0.0938. The zero-order valence-electron chi connectivity index (χ0n) is 18.6. The summed E-state index contributed by atoms with van der Waals surface area (Å²) in [6.07, 6.45) is 0.854. The van der Waals surface area contributed by atoms with Crippen LogP contribution < -0.4 is 4.90 Å². The number of benzene rings is 3. The van der Waals surface area contributed by atoms with Crippen LogP contribution in [-0.2, 0) is 21.2 Å². The Morgan fingerprint density at radius 3 is 2.09 bits per heavy atom. The smallest absolute Gasteiger partial charge is 0.288 e. The van der Waals surface area contributed by atoms with Crippen LogP contribution in [0.1, 0.15) is 15.9 Å². The minimum Gasteiger partial charge on any atom is -0.332 e. The van der Waals surface area contributed by atoms with E-state index in [1.165, 1.54) is 13.1 Å². The van der Waals surface area contributed by atoms with E-state index >= 15 is 0 Å². The number of amides is 2. The highest BCUT2D eigenvalue weighted by Crippen LogP contribution is 2.25. The first-order chi connectivity index (χ1) is 16.1. The van der Waals surface area contributed by atoms with Crippen LogP contribution in [0.3, 0.4) is 0 Å². The van der Waals surface area contributed by atoms with Crippen LogP contribution in [0, 0.1) is 10.1 Å². The molecule has 3 rings (SSSR count). The van der Waals surface area contributed by atoms with Gasteiger partial charge < -0.3 is 9.80 Å². The normalized spacial score (nSPS) is 11.0. The maximum atomic E-state index is 13.2. The first-order valence-corrected chi connectivity index (χ1v) is 12.1. The van der Waals surface area contributed by atoms with Crippen LogP contribution in [-0.4, -0.2) is 49.9 Å². The second-order valence-corrected chi connectivity index (χ2v) is 9.66. The number of carbonyl (C=O) groups excluding carboxylic acids is 2. The van der Waals surface area contributed by atoms with Gasteiger partial charge in [-0.15, -0.1) is 0 Å². The highest BCUT2D eigenvalue weighted by Gasteiger charge is 2.26. The third-order valence-electron chi connectivity index (χ3n) is 5.07. The first kappa shape index (κ1) is 24.6. The van der Waals surface area contributed by atoms with E-state index in [1.54, 1.807) is 29.2 Å². The Morgan fingerprint density at radius 2 is 1.53 bits per heavy atom. The van der Waals surface area contributed by atoms with Crippen LogP contribution in [0.15, 0.2) is 83.8 Å². The summed E-state index contributed by atoms with van der Waals surface area (Å²) in [5.74, 6) is -1.00. The van der Waals surface area contributed by atoms with Gasteiger partial charge in [0.25, 0.3) is 11.6 Å². The van der Waals surface area contributed by atoms with Gasteiger partial charge in [-0.3, -0.25) is 19.7 Å². The number of anilines is 1. The van der Waals surface area contributed by atoms with Crippen LogP contribution in [0.2, 0.25) is 0 Å². The maximum Gasteiger partial charge on any atom is 0.288 e. The molecule has 2 amide bonds. The molecule has 0 unspecified atom stereocenters. The molecule has 0 saturated carbocycles. The number of hydrogen-bond donors (Lipinski definition) is 0. The molecule has 3 aromatic carbocycles. The van der Waals surface area contributed by atoms with Gasteiger partial charge >= 0.3 is 0 Å². The lowest BCUT2D eigenvalue weighted by Gasteiger charge is -2.26. The number of likely N-dealkylation sites (N-methyl/N-ethyl adjacent to an activating group) is 1. The number of nitrogens with zero attached hydrogens (tertiary/aromatic N) is 3.